The number of hydrogen-bond acceptors (Lipinski definition) is 3. The molecule has 0 bridgehead atoms. The largest absolute Gasteiger partial charge is 0.387 e. The van der Waals surface area contributed by atoms with Crippen molar-refractivity contribution in [3.8, 4) is 0 Å². The van der Waals surface area contributed by atoms with Gasteiger partial charge in [-0.3, -0.25) is 4.98 Å². The Labute approximate surface area is 126 Å². The molecule has 1 aromatic heterocycles. The summed E-state index contributed by atoms with van der Waals surface area (Å²) in [6, 6.07) is 14.7. The molecule has 1 aromatic carbocycles. The Morgan fingerprint density at radius 3 is 2.71 bits per heavy atom. The van der Waals surface area contributed by atoms with Gasteiger partial charge in [0.15, 0.2) is 0 Å². The van der Waals surface area contributed by atoms with Gasteiger partial charge in [-0.05, 0) is 30.5 Å². The Hall–Kier alpha value is -1.87. The maximum absolute atomic E-state index is 9.80. The molecule has 0 amide bonds. The molecule has 1 N–H and O–H groups in total. The third kappa shape index (κ3) is 3.08. The maximum atomic E-state index is 9.80. The zero-order valence-corrected chi connectivity index (χ0v) is 12.4. The van der Waals surface area contributed by atoms with Gasteiger partial charge in [0.1, 0.15) is 0 Å². The van der Waals surface area contributed by atoms with E-state index >= 15 is 0 Å². The number of anilines is 1. The minimum Gasteiger partial charge on any atom is -0.387 e. The monoisotopic (exact) mass is 282 g/mol. The van der Waals surface area contributed by atoms with Crippen molar-refractivity contribution in [2.24, 2.45) is 0 Å². The summed E-state index contributed by atoms with van der Waals surface area (Å²) in [6.45, 7) is 4.07. The average Bonchev–Trinajstić information content (AvgIpc) is 3.05. The number of aromatic nitrogens is 1. The molecule has 1 aliphatic rings. The molecule has 3 heteroatoms. The summed E-state index contributed by atoms with van der Waals surface area (Å²) in [5.74, 6) is 0.604. The Morgan fingerprint density at radius 2 is 2.05 bits per heavy atom. The molecule has 3 rings (SSSR count). The molecular formula is C18H22N2O. The molecule has 1 fully saturated rings. The second kappa shape index (κ2) is 6.27. The average molecular weight is 282 g/mol. The SMILES string of the molecule is CC[C@@H](O)c1ccc(N2CCC(c3ccccc3)C2)cn1. The first kappa shape index (κ1) is 14.1. The van der Waals surface area contributed by atoms with E-state index < -0.39 is 6.10 Å². The van der Waals surface area contributed by atoms with Crippen LogP contribution in [0.4, 0.5) is 5.69 Å². The van der Waals surface area contributed by atoms with Crippen molar-refractivity contribution in [1.29, 1.82) is 0 Å². The quantitative estimate of drug-likeness (QED) is 0.932. The summed E-state index contributed by atoms with van der Waals surface area (Å²) >= 11 is 0. The molecular weight excluding hydrogens is 260 g/mol. The Balaban J connectivity index is 1.69. The smallest absolute Gasteiger partial charge is 0.0957 e. The van der Waals surface area contributed by atoms with Gasteiger partial charge in [-0.1, -0.05) is 37.3 Å². The number of aliphatic hydroxyl groups excluding tert-OH is 1. The zero-order chi connectivity index (χ0) is 14.7. The van der Waals surface area contributed by atoms with Crippen LogP contribution in [0.1, 0.15) is 43.0 Å². The van der Waals surface area contributed by atoms with Crippen LogP contribution in [-0.4, -0.2) is 23.2 Å². The molecule has 0 saturated carbocycles. The number of hydrogen-bond donors (Lipinski definition) is 1. The molecule has 1 unspecified atom stereocenters. The number of pyridine rings is 1. The van der Waals surface area contributed by atoms with Crippen LogP contribution in [0.2, 0.25) is 0 Å². The normalized spacial score (nSPS) is 19.7. The highest BCUT2D eigenvalue weighted by molar-refractivity contribution is 5.47. The van der Waals surface area contributed by atoms with Crippen LogP contribution in [0, 0.1) is 0 Å². The summed E-state index contributed by atoms with van der Waals surface area (Å²) in [5.41, 5.74) is 3.34. The van der Waals surface area contributed by atoms with Crippen molar-refractivity contribution >= 4 is 5.69 Å². The van der Waals surface area contributed by atoms with Crippen molar-refractivity contribution < 1.29 is 5.11 Å². The highest BCUT2D eigenvalue weighted by Gasteiger charge is 2.24. The number of nitrogens with zero attached hydrogens (tertiary/aromatic N) is 2. The zero-order valence-electron chi connectivity index (χ0n) is 12.4. The van der Waals surface area contributed by atoms with E-state index in [1.807, 2.05) is 19.2 Å². The molecule has 110 valence electrons. The topological polar surface area (TPSA) is 36.4 Å². The van der Waals surface area contributed by atoms with E-state index in [1.165, 1.54) is 12.0 Å². The van der Waals surface area contributed by atoms with E-state index in [9.17, 15) is 5.11 Å². The van der Waals surface area contributed by atoms with E-state index in [2.05, 4.69) is 46.3 Å². The Kier molecular flexibility index (Phi) is 4.20. The van der Waals surface area contributed by atoms with E-state index in [0.717, 1.165) is 24.5 Å². The standard InChI is InChI=1S/C18H22N2O/c1-2-18(21)17-9-8-16(12-19-17)20-11-10-15(13-20)14-6-4-3-5-7-14/h3-9,12,15,18,21H,2,10-11,13H2,1H3/t15?,18-/m1/s1. The van der Waals surface area contributed by atoms with Gasteiger partial charge < -0.3 is 10.0 Å². The van der Waals surface area contributed by atoms with E-state index in [4.69, 9.17) is 0 Å². The third-order valence-electron chi connectivity index (χ3n) is 4.32. The first-order valence-electron chi connectivity index (χ1n) is 7.72. The van der Waals surface area contributed by atoms with E-state index in [0.29, 0.717) is 12.3 Å². The molecule has 0 radical (unpaired) electrons. The molecule has 1 saturated heterocycles. The Bertz CT molecular complexity index is 568. The number of benzene rings is 1. The molecule has 3 nitrogen and oxygen atoms in total. The van der Waals surface area contributed by atoms with Crippen molar-refractivity contribution in [3.05, 3.63) is 59.9 Å². The van der Waals surface area contributed by atoms with Crippen molar-refractivity contribution in [2.45, 2.75) is 31.8 Å². The maximum Gasteiger partial charge on any atom is 0.0957 e. The predicted molar refractivity (Wildman–Crippen MR) is 85.5 cm³/mol. The Morgan fingerprint density at radius 1 is 1.24 bits per heavy atom. The van der Waals surface area contributed by atoms with E-state index in [-0.39, 0.29) is 0 Å². The second-order valence-corrected chi connectivity index (χ2v) is 5.71. The first-order chi connectivity index (χ1) is 10.3. The van der Waals surface area contributed by atoms with Crippen LogP contribution < -0.4 is 4.90 Å². The summed E-state index contributed by atoms with van der Waals surface area (Å²) in [6.07, 6.45) is 3.33. The van der Waals surface area contributed by atoms with Gasteiger partial charge in [0.25, 0.3) is 0 Å². The molecule has 2 heterocycles. The third-order valence-corrected chi connectivity index (χ3v) is 4.32. The summed E-state index contributed by atoms with van der Waals surface area (Å²) in [7, 11) is 0. The van der Waals surface area contributed by atoms with Gasteiger partial charge >= 0.3 is 0 Å². The van der Waals surface area contributed by atoms with E-state index in [1.54, 1.807) is 0 Å². The van der Waals surface area contributed by atoms with Gasteiger partial charge in [-0.15, -0.1) is 0 Å². The predicted octanol–water partition coefficient (Wildman–Crippen LogP) is 3.52. The number of rotatable bonds is 4. The molecule has 0 spiro atoms. The summed E-state index contributed by atoms with van der Waals surface area (Å²) in [5, 5.41) is 9.80. The summed E-state index contributed by atoms with van der Waals surface area (Å²) in [4.78, 5) is 6.78. The minimum atomic E-state index is -0.449. The lowest BCUT2D eigenvalue weighted by atomic mass is 9.99. The van der Waals surface area contributed by atoms with Gasteiger partial charge in [0.2, 0.25) is 0 Å². The van der Waals surface area contributed by atoms with Crippen LogP contribution in [0.15, 0.2) is 48.7 Å². The highest BCUT2D eigenvalue weighted by atomic mass is 16.3. The fourth-order valence-electron chi connectivity index (χ4n) is 2.98. The van der Waals surface area contributed by atoms with Gasteiger partial charge in [-0.2, -0.15) is 0 Å². The van der Waals surface area contributed by atoms with Crippen LogP contribution in [-0.2, 0) is 0 Å². The second-order valence-electron chi connectivity index (χ2n) is 5.71. The molecule has 0 aliphatic carbocycles. The van der Waals surface area contributed by atoms with Crippen LogP contribution >= 0.6 is 0 Å². The van der Waals surface area contributed by atoms with Crippen molar-refractivity contribution in [3.63, 3.8) is 0 Å². The summed E-state index contributed by atoms with van der Waals surface area (Å²) < 4.78 is 0. The van der Waals surface area contributed by atoms with Crippen LogP contribution in [0.3, 0.4) is 0 Å². The minimum absolute atomic E-state index is 0.449. The number of aliphatic hydroxyl groups is 1. The van der Waals surface area contributed by atoms with Crippen LogP contribution in [0.25, 0.3) is 0 Å². The van der Waals surface area contributed by atoms with Crippen molar-refractivity contribution in [2.75, 3.05) is 18.0 Å². The first-order valence-corrected chi connectivity index (χ1v) is 7.72. The molecule has 2 aromatic rings. The fraction of sp³-hybridized carbons (Fsp3) is 0.389. The van der Waals surface area contributed by atoms with Gasteiger partial charge in [0.05, 0.1) is 23.7 Å². The lowest BCUT2D eigenvalue weighted by molar-refractivity contribution is 0.169. The highest BCUT2D eigenvalue weighted by Crippen LogP contribution is 2.30. The van der Waals surface area contributed by atoms with Crippen LogP contribution in [0.5, 0.6) is 0 Å². The van der Waals surface area contributed by atoms with Gasteiger partial charge in [0, 0.05) is 19.0 Å². The lowest BCUT2D eigenvalue weighted by Gasteiger charge is -2.19. The molecule has 2 atom stereocenters. The molecule has 1 aliphatic heterocycles. The molecule has 21 heavy (non-hydrogen) atoms. The van der Waals surface area contributed by atoms with Crippen molar-refractivity contribution in [1.82, 2.24) is 4.98 Å². The fourth-order valence-corrected chi connectivity index (χ4v) is 2.98. The van der Waals surface area contributed by atoms with Gasteiger partial charge in [-0.25, -0.2) is 0 Å². The lowest BCUT2D eigenvalue weighted by Crippen LogP contribution is -2.19.